The molecule has 1 unspecified atom stereocenters. The van der Waals surface area contributed by atoms with Crippen LogP contribution in [0.5, 0.6) is 0 Å². The van der Waals surface area contributed by atoms with E-state index in [1.54, 1.807) is 23.1 Å². The third-order valence-electron chi connectivity index (χ3n) is 5.48. The Hall–Kier alpha value is -2.97. The van der Waals surface area contributed by atoms with Crippen LogP contribution >= 0.6 is 11.6 Å². The van der Waals surface area contributed by atoms with Gasteiger partial charge in [-0.1, -0.05) is 11.6 Å². The molecule has 0 radical (unpaired) electrons. The Balaban J connectivity index is 1.47. The quantitative estimate of drug-likeness (QED) is 0.558. The predicted molar refractivity (Wildman–Crippen MR) is 109 cm³/mol. The average molecular weight is 432 g/mol. The lowest BCUT2D eigenvalue weighted by atomic mass is 10.0. The van der Waals surface area contributed by atoms with E-state index in [1.165, 1.54) is 17.0 Å². The van der Waals surface area contributed by atoms with Crippen LogP contribution < -0.4 is 15.1 Å². The molecule has 1 atom stereocenters. The van der Waals surface area contributed by atoms with Crippen molar-refractivity contribution in [2.75, 3.05) is 22.9 Å². The van der Waals surface area contributed by atoms with Gasteiger partial charge >= 0.3 is 0 Å². The van der Waals surface area contributed by atoms with Crippen molar-refractivity contribution < 1.29 is 23.9 Å². The molecule has 4 rings (SSSR count). The Morgan fingerprint density at radius 1 is 1.27 bits per heavy atom. The molecule has 2 N–H and O–H groups in total. The highest BCUT2D eigenvalue weighted by molar-refractivity contribution is 6.30. The fourth-order valence-electron chi connectivity index (χ4n) is 3.90. The summed E-state index contributed by atoms with van der Waals surface area (Å²) < 4.78 is 13.4. The number of halogens is 2. The molecule has 3 amide bonds. The van der Waals surface area contributed by atoms with Crippen LogP contribution in [0.25, 0.3) is 0 Å². The number of amides is 3. The van der Waals surface area contributed by atoms with E-state index < -0.39 is 23.2 Å². The minimum Gasteiger partial charge on any atom is -0.372 e. The van der Waals surface area contributed by atoms with Crippen LogP contribution in [0.15, 0.2) is 36.4 Å². The number of rotatable bonds is 5. The molecular weight excluding hydrogens is 413 g/mol. The zero-order valence-electron chi connectivity index (χ0n) is 15.9. The summed E-state index contributed by atoms with van der Waals surface area (Å²) in [6.45, 7) is 0.670. The predicted octanol–water partition coefficient (Wildman–Crippen LogP) is 1.78. The van der Waals surface area contributed by atoms with Crippen molar-refractivity contribution in [1.82, 2.24) is 5.32 Å². The average Bonchev–Trinajstić information content (AvgIpc) is 3.26. The maximum absolute atomic E-state index is 13.4. The van der Waals surface area contributed by atoms with Gasteiger partial charge in [0.1, 0.15) is 5.82 Å². The topological polar surface area (TPSA) is 89.9 Å². The highest BCUT2D eigenvalue weighted by atomic mass is 35.5. The largest absolute Gasteiger partial charge is 0.372 e. The van der Waals surface area contributed by atoms with Crippen molar-refractivity contribution >= 4 is 41.2 Å². The van der Waals surface area contributed by atoms with E-state index in [2.05, 4.69) is 5.32 Å². The third kappa shape index (κ3) is 3.53. The molecule has 2 aliphatic heterocycles. The number of nitrogens with one attached hydrogen (secondary N) is 1. The Morgan fingerprint density at radius 2 is 2.07 bits per heavy atom. The molecule has 1 fully saturated rings. The summed E-state index contributed by atoms with van der Waals surface area (Å²) in [5.74, 6) is -2.11. The molecule has 0 aliphatic carbocycles. The fourth-order valence-corrected chi connectivity index (χ4v) is 4.14. The Bertz CT molecular complexity index is 1030. The normalized spacial score (nSPS) is 20.4. The molecule has 30 heavy (non-hydrogen) atoms. The monoisotopic (exact) mass is 431 g/mol. The molecule has 0 spiro atoms. The highest BCUT2D eigenvalue weighted by Gasteiger charge is 2.51. The van der Waals surface area contributed by atoms with Crippen LogP contribution in [-0.4, -0.2) is 42.0 Å². The van der Waals surface area contributed by atoms with E-state index in [4.69, 9.17) is 11.6 Å². The van der Waals surface area contributed by atoms with E-state index in [9.17, 15) is 23.9 Å². The van der Waals surface area contributed by atoms with Crippen molar-refractivity contribution in [3.63, 3.8) is 0 Å². The molecule has 1 saturated heterocycles. The van der Waals surface area contributed by atoms with Gasteiger partial charge < -0.3 is 20.2 Å². The van der Waals surface area contributed by atoms with Gasteiger partial charge in [0.25, 0.3) is 11.8 Å². The van der Waals surface area contributed by atoms with Gasteiger partial charge in [0.05, 0.1) is 0 Å². The first kappa shape index (κ1) is 20.3. The summed E-state index contributed by atoms with van der Waals surface area (Å²) in [6, 6.07) is 9.09. The summed E-state index contributed by atoms with van der Waals surface area (Å²) in [5, 5.41) is 13.4. The summed E-state index contributed by atoms with van der Waals surface area (Å²) in [7, 11) is 0. The first-order valence-electron chi connectivity index (χ1n) is 9.44. The smallest absolute Gasteiger partial charge is 0.268 e. The summed E-state index contributed by atoms with van der Waals surface area (Å²) in [4.78, 5) is 39.5. The number of hydrogen-bond donors (Lipinski definition) is 2. The summed E-state index contributed by atoms with van der Waals surface area (Å²) in [6.07, 6.45) is 1.37. The Kier molecular flexibility index (Phi) is 5.21. The second-order valence-corrected chi connectivity index (χ2v) is 7.83. The molecule has 2 aromatic rings. The second kappa shape index (κ2) is 7.70. The van der Waals surface area contributed by atoms with Crippen LogP contribution in [0.4, 0.5) is 15.8 Å². The van der Waals surface area contributed by atoms with E-state index in [-0.39, 0.29) is 24.5 Å². The highest BCUT2D eigenvalue weighted by Crippen LogP contribution is 2.34. The minimum absolute atomic E-state index is 0.0703. The molecule has 2 aromatic carbocycles. The number of carbonyl (C=O) groups is 3. The lowest BCUT2D eigenvalue weighted by Crippen LogP contribution is -2.52. The number of fused-ring (bicyclic) bond motifs is 1. The van der Waals surface area contributed by atoms with Crippen molar-refractivity contribution in [1.29, 1.82) is 0 Å². The molecule has 0 saturated carbocycles. The van der Waals surface area contributed by atoms with Gasteiger partial charge in [-0.05, 0) is 53.9 Å². The van der Waals surface area contributed by atoms with Crippen LogP contribution in [0.1, 0.15) is 17.5 Å². The molecule has 7 nitrogen and oxygen atoms in total. The number of nitrogens with zero attached hydrogens (tertiary/aromatic N) is 2. The molecule has 0 aromatic heterocycles. The van der Waals surface area contributed by atoms with Crippen LogP contribution in [0.2, 0.25) is 5.02 Å². The van der Waals surface area contributed by atoms with Gasteiger partial charge in [0.2, 0.25) is 12.0 Å². The van der Waals surface area contributed by atoms with Gasteiger partial charge in [-0.2, -0.15) is 0 Å². The second-order valence-electron chi connectivity index (χ2n) is 7.39. The molecule has 2 heterocycles. The Labute approximate surface area is 177 Å². The molecule has 0 bridgehead atoms. The lowest BCUT2D eigenvalue weighted by molar-refractivity contribution is -0.149. The number of carbonyl (C=O) groups excluding carboxylic acids is 3. The molecule has 156 valence electrons. The number of hydrogen-bond acceptors (Lipinski definition) is 4. The maximum atomic E-state index is 13.4. The zero-order valence-corrected chi connectivity index (χ0v) is 16.7. The Morgan fingerprint density at radius 3 is 2.80 bits per heavy atom. The van der Waals surface area contributed by atoms with Gasteiger partial charge in [0, 0.05) is 42.5 Å². The van der Waals surface area contributed by atoms with E-state index in [0.29, 0.717) is 24.2 Å². The summed E-state index contributed by atoms with van der Waals surface area (Å²) in [5.41, 5.74) is 0.493. The van der Waals surface area contributed by atoms with Gasteiger partial charge in [-0.3, -0.25) is 14.4 Å². The van der Waals surface area contributed by atoms with Crippen molar-refractivity contribution in [3.8, 4) is 0 Å². The lowest BCUT2D eigenvalue weighted by Gasteiger charge is -2.22. The van der Waals surface area contributed by atoms with E-state index in [0.717, 1.165) is 23.7 Å². The van der Waals surface area contributed by atoms with E-state index in [1.807, 2.05) is 0 Å². The van der Waals surface area contributed by atoms with Crippen molar-refractivity contribution in [2.24, 2.45) is 0 Å². The van der Waals surface area contributed by atoms with Crippen molar-refractivity contribution in [2.45, 2.75) is 25.0 Å². The number of aliphatic hydroxyl groups is 1. The van der Waals surface area contributed by atoms with Crippen molar-refractivity contribution in [3.05, 3.63) is 58.4 Å². The number of benzene rings is 2. The summed E-state index contributed by atoms with van der Waals surface area (Å²) >= 11 is 5.80. The zero-order chi connectivity index (χ0) is 21.5. The SMILES string of the molecule is O=CN1CCc2cc(N3CCC(O)(C(=O)NCc4cc(F)cc(Cl)c4)C3=O)ccc21. The minimum atomic E-state index is -2.20. The molecular formula is C21H19ClFN3O4. The van der Waals surface area contributed by atoms with Gasteiger partial charge in [-0.15, -0.1) is 0 Å². The maximum Gasteiger partial charge on any atom is 0.268 e. The van der Waals surface area contributed by atoms with Gasteiger partial charge in [-0.25, -0.2) is 4.39 Å². The third-order valence-corrected chi connectivity index (χ3v) is 5.70. The standard InChI is InChI=1S/C21H19ClFN3O4/c22-15-7-13(8-16(23)10-15)11-24-19(28)21(30)4-6-26(20(21)29)17-1-2-18-14(9-17)3-5-25(18)12-27/h1-2,7-10,12,30H,3-6,11H2,(H,24,28). The van der Waals surface area contributed by atoms with Gasteiger partial charge in [0.15, 0.2) is 0 Å². The van der Waals surface area contributed by atoms with Crippen LogP contribution in [0.3, 0.4) is 0 Å². The fraction of sp³-hybridized carbons (Fsp3) is 0.286. The molecule has 9 heteroatoms. The first-order chi connectivity index (χ1) is 14.3. The first-order valence-corrected chi connectivity index (χ1v) is 9.82. The van der Waals surface area contributed by atoms with Crippen LogP contribution in [-0.2, 0) is 27.3 Å². The number of anilines is 2. The van der Waals surface area contributed by atoms with Crippen LogP contribution in [0, 0.1) is 5.82 Å². The molecule has 2 aliphatic rings. The van der Waals surface area contributed by atoms with E-state index >= 15 is 0 Å².